The number of carboxylic acids is 1. The summed E-state index contributed by atoms with van der Waals surface area (Å²) in [6.07, 6.45) is -0.678. The predicted octanol–water partition coefficient (Wildman–Crippen LogP) is 1.09. The molecular weight excluding hydrogens is 206 g/mol. The largest absolute Gasteiger partial charge is 0.480 e. The van der Waals surface area contributed by atoms with Gasteiger partial charge < -0.3 is 15.5 Å². The number of aryl methyl sites for hydroxylation is 1. The Morgan fingerprint density at radius 2 is 1.94 bits per heavy atom. The number of nitrogens with one attached hydrogen (secondary N) is 1. The van der Waals surface area contributed by atoms with Crippen molar-refractivity contribution in [1.82, 2.24) is 5.32 Å². The van der Waals surface area contributed by atoms with Gasteiger partial charge in [0.2, 0.25) is 0 Å². The zero-order valence-electron chi connectivity index (χ0n) is 9.47. The zero-order valence-corrected chi connectivity index (χ0v) is 9.47. The molecule has 4 nitrogen and oxygen atoms in total. The van der Waals surface area contributed by atoms with E-state index in [0.29, 0.717) is 0 Å². The highest BCUT2D eigenvalue weighted by Gasteiger charge is 2.13. The average Bonchev–Trinajstić information content (AvgIpc) is 2.26. The molecule has 0 spiro atoms. The number of aliphatic carboxylic acids is 1. The lowest BCUT2D eigenvalue weighted by atomic mass is 10.1. The zero-order chi connectivity index (χ0) is 12.1. The van der Waals surface area contributed by atoms with Gasteiger partial charge in [-0.3, -0.25) is 4.79 Å². The molecule has 0 bridgehead atoms. The molecule has 1 aromatic rings. The van der Waals surface area contributed by atoms with E-state index in [1.807, 2.05) is 31.2 Å². The van der Waals surface area contributed by atoms with Crippen molar-refractivity contribution in [3.05, 3.63) is 35.4 Å². The smallest absolute Gasteiger partial charge is 0.320 e. The molecule has 2 atom stereocenters. The van der Waals surface area contributed by atoms with Gasteiger partial charge in [-0.1, -0.05) is 29.8 Å². The third-order valence-electron chi connectivity index (χ3n) is 2.45. The minimum atomic E-state index is -0.920. The maximum Gasteiger partial charge on any atom is 0.320 e. The Hall–Kier alpha value is -1.39. The minimum absolute atomic E-state index is 0.233. The second-order valence-electron chi connectivity index (χ2n) is 3.89. The number of aliphatic hydroxyl groups is 1. The van der Waals surface area contributed by atoms with Crippen LogP contribution in [0.2, 0.25) is 0 Å². The van der Waals surface area contributed by atoms with Crippen molar-refractivity contribution >= 4 is 5.97 Å². The summed E-state index contributed by atoms with van der Waals surface area (Å²) in [7, 11) is 0. The molecule has 0 saturated carbocycles. The number of hydrogen-bond acceptors (Lipinski definition) is 3. The number of rotatable bonds is 5. The SMILES string of the molecule is Cc1ccc(C(O)CNC(C)C(=O)O)cc1. The van der Waals surface area contributed by atoms with E-state index in [9.17, 15) is 9.90 Å². The van der Waals surface area contributed by atoms with Crippen LogP contribution in [0, 0.1) is 6.92 Å². The molecule has 3 N–H and O–H groups in total. The fourth-order valence-electron chi connectivity index (χ4n) is 1.28. The molecule has 0 fully saturated rings. The highest BCUT2D eigenvalue weighted by atomic mass is 16.4. The Balaban J connectivity index is 2.49. The molecule has 0 aliphatic carbocycles. The number of carboxylic acid groups (broad SMARTS) is 1. The van der Waals surface area contributed by atoms with E-state index >= 15 is 0 Å². The lowest BCUT2D eigenvalue weighted by molar-refractivity contribution is -0.139. The number of aliphatic hydroxyl groups excluding tert-OH is 1. The number of hydrogen-bond donors (Lipinski definition) is 3. The Labute approximate surface area is 94.9 Å². The first-order valence-electron chi connectivity index (χ1n) is 5.21. The first-order valence-corrected chi connectivity index (χ1v) is 5.21. The van der Waals surface area contributed by atoms with Gasteiger partial charge in [0.15, 0.2) is 0 Å². The third-order valence-corrected chi connectivity index (χ3v) is 2.45. The lowest BCUT2D eigenvalue weighted by Crippen LogP contribution is -2.36. The maximum atomic E-state index is 10.5. The first-order chi connectivity index (χ1) is 7.50. The van der Waals surface area contributed by atoms with Crippen LogP contribution >= 0.6 is 0 Å². The van der Waals surface area contributed by atoms with Crippen LogP contribution in [0.5, 0.6) is 0 Å². The second kappa shape index (κ2) is 5.63. The molecule has 1 rings (SSSR count). The van der Waals surface area contributed by atoms with Crippen molar-refractivity contribution in [2.24, 2.45) is 0 Å². The van der Waals surface area contributed by atoms with Gasteiger partial charge in [0, 0.05) is 6.54 Å². The van der Waals surface area contributed by atoms with Gasteiger partial charge in [0.25, 0.3) is 0 Å². The molecule has 0 aliphatic heterocycles. The lowest BCUT2D eigenvalue weighted by Gasteiger charge is -2.14. The van der Waals surface area contributed by atoms with Gasteiger partial charge >= 0.3 is 5.97 Å². The highest BCUT2D eigenvalue weighted by molar-refractivity contribution is 5.72. The molecular formula is C12H17NO3. The standard InChI is InChI=1S/C12H17NO3/c1-8-3-5-10(6-4-8)11(14)7-13-9(2)12(15)16/h3-6,9,11,13-14H,7H2,1-2H3,(H,15,16). The number of carbonyl (C=O) groups is 1. The topological polar surface area (TPSA) is 69.6 Å². The summed E-state index contributed by atoms with van der Waals surface area (Å²) in [5.74, 6) is -0.920. The van der Waals surface area contributed by atoms with Crippen molar-refractivity contribution in [1.29, 1.82) is 0 Å². The van der Waals surface area contributed by atoms with E-state index < -0.39 is 18.1 Å². The molecule has 88 valence electrons. The van der Waals surface area contributed by atoms with Crippen LogP contribution in [-0.2, 0) is 4.79 Å². The summed E-state index contributed by atoms with van der Waals surface area (Å²) in [5, 5.41) is 21.2. The van der Waals surface area contributed by atoms with Gasteiger partial charge in [-0.15, -0.1) is 0 Å². The van der Waals surface area contributed by atoms with Crippen LogP contribution in [0.15, 0.2) is 24.3 Å². The van der Waals surface area contributed by atoms with Gasteiger partial charge in [0.1, 0.15) is 6.04 Å². The van der Waals surface area contributed by atoms with E-state index in [-0.39, 0.29) is 6.54 Å². The van der Waals surface area contributed by atoms with Crippen molar-refractivity contribution in [3.8, 4) is 0 Å². The van der Waals surface area contributed by atoms with Crippen LogP contribution < -0.4 is 5.32 Å². The van der Waals surface area contributed by atoms with Gasteiger partial charge in [0.05, 0.1) is 6.10 Å². The van der Waals surface area contributed by atoms with E-state index in [4.69, 9.17) is 5.11 Å². The van der Waals surface area contributed by atoms with Gasteiger partial charge in [-0.2, -0.15) is 0 Å². The molecule has 2 unspecified atom stereocenters. The van der Waals surface area contributed by atoms with Crippen LogP contribution in [0.4, 0.5) is 0 Å². The molecule has 0 aliphatic rings. The summed E-state index contributed by atoms with van der Waals surface area (Å²) in [5.41, 5.74) is 1.92. The molecule has 4 heteroatoms. The quantitative estimate of drug-likeness (QED) is 0.699. The average molecular weight is 223 g/mol. The molecule has 0 radical (unpaired) electrons. The summed E-state index contributed by atoms with van der Waals surface area (Å²) < 4.78 is 0. The summed E-state index contributed by atoms with van der Waals surface area (Å²) in [4.78, 5) is 10.5. The third kappa shape index (κ3) is 3.64. The maximum absolute atomic E-state index is 10.5. The molecule has 0 amide bonds. The van der Waals surface area contributed by atoms with E-state index in [0.717, 1.165) is 11.1 Å². The number of benzene rings is 1. The summed E-state index contributed by atoms with van der Waals surface area (Å²) in [6, 6.07) is 6.86. The molecule has 0 heterocycles. The summed E-state index contributed by atoms with van der Waals surface area (Å²) >= 11 is 0. The van der Waals surface area contributed by atoms with Crippen LogP contribution in [0.1, 0.15) is 24.2 Å². The van der Waals surface area contributed by atoms with Crippen LogP contribution in [0.3, 0.4) is 0 Å². The van der Waals surface area contributed by atoms with Crippen molar-refractivity contribution in [2.75, 3.05) is 6.54 Å². The fraction of sp³-hybridized carbons (Fsp3) is 0.417. The van der Waals surface area contributed by atoms with E-state index in [1.165, 1.54) is 0 Å². The highest BCUT2D eigenvalue weighted by Crippen LogP contribution is 2.12. The van der Waals surface area contributed by atoms with Crippen LogP contribution in [-0.4, -0.2) is 28.8 Å². The monoisotopic (exact) mass is 223 g/mol. The summed E-state index contributed by atoms with van der Waals surface area (Å²) in [6.45, 7) is 3.75. The Bertz CT molecular complexity index is 348. The molecule has 0 aromatic heterocycles. The molecule has 1 aromatic carbocycles. The van der Waals surface area contributed by atoms with Crippen molar-refractivity contribution < 1.29 is 15.0 Å². The predicted molar refractivity (Wildman–Crippen MR) is 61.2 cm³/mol. The van der Waals surface area contributed by atoms with Crippen molar-refractivity contribution in [3.63, 3.8) is 0 Å². The van der Waals surface area contributed by atoms with Gasteiger partial charge in [-0.25, -0.2) is 0 Å². The Kier molecular flexibility index (Phi) is 4.46. The normalized spacial score (nSPS) is 14.4. The van der Waals surface area contributed by atoms with Crippen molar-refractivity contribution in [2.45, 2.75) is 26.0 Å². The first kappa shape index (κ1) is 12.7. The molecule has 16 heavy (non-hydrogen) atoms. The van der Waals surface area contributed by atoms with E-state index in [1.54, 1.807) is 6.92 Å². The van der Waals surface area contributed by atoms with Crippen LogP contribution in [0.25, 0.3) is 0 Å². The molecule has 0 saturated heterocycles. The second-order valence-corrected chi connectivity index (χ2v) is 3.89. The fourth-order valence-corrected chi connectivity index (χ4v) is 1.28. The Morgan fingerprint density at radius 1 is 1.38 bits per heavy atom. The Morgan fingerprint density at radius 3 is 2.44 bits per heavy atom. The minimum Gasteiger partial charge on any atom is -0.480 e. The van der Waals surface area contributed by atoms with E-state index in [2.05, 4.69) is 5.32 Å². The van der Waals surface area contributed by atoms with Gasteiger partial charge in [-0.05, 0) is 19.4 Å².